The Kier molecular flexibility index (Phi) is 7.27. The van der Waals surface area contributed by atoms with E-state index in [2.05, 4.69) is 5.32 Å². The summed E-state index contributed by atoms with van der Waals surface area (Å²) in [6.45, 7) is 3.44. The molecule has 0 unspecified atom stereocenters. The van der Waals surface area contributed by atoms with Crippen molar-refractivity contribution in [3.8, 4) is 0 Å². The Labute approximate surface area is 135 Å². The standard InChI is InChI=1S/C15H19FN2O3.ClH/c1-2-21-14(19)10-18(15(20)12-7-17-8-12)9-11-3-5-13(16)6-4-11;/h3-6,12,17H,2,7-10H2,1H3;1H. The highest BCUT2D eigenvalue weighted by Crippen LogP contribution is 2.13. The van der Waals surface area contributed by atoms with Gasteiger partial charge in [0.05, 0.1) is 12.5 Å². The molecule has 22 heavy (non-hydrogen) atoms. The maximum atomic E-state index is 12.9. The normalized spacial score (nSPS) is 13.7. The molecular formula is C15H20ClFN2O3. The van der Waals surface area contributed by atoms with E-state index >= 15 is 0 Å². The van der Waals surface area contributed by atoms with Gasteiger partial charge in [0.2, 0.25) is 5.91 Å². The van der Waals surface area contributed by atoms with Crippen LogP contribution in [0.5, 0.6) is 0 Å². The number of halogens is 2. The van der Waals surface area contributed by atoms with Crippen LogP contribution in [0.2, 0.25) is 0 Å². The van der Waals surface area contributed by atoms with Crippen LogP contribution in [0.1, 0.15) is 12.5 Å². The first-order valence-corrected chi connectivity index (χ1v) is 6.99. The molecule has 2 rings (SSSR count). The topological polar surface area (TPSA) is 58.6 Å². The monoisotopic (exact) mass is 330 g/mol. The molecule has 1 aromatic carbocycles. The van der Waals surface area contributed by atoms with Crippen molar-refractivity contribution in [2.75, 3.05) is 26.2 Å². The van der Waals surface area contributed by atoms with Crippen LogP contribution in [0.3, 0.4) is 0 Å². The van der Waals surface area contributed by atoms with Gasteiger partial charge in [-0.1, -0.05) is 12.1 Å². The Hall–Kier alpha value is -1.66. The molecule has 0 atom stereocenters. The lowest BCUT2D eigenvalue weighted by Crippen LogP contribution is -2.52. The summed E-state index contributed by atoms with van der Waals surface area (Å²) in [7, 11) is 0. The number of benzene rings is 1. The third-order valence-corrected chi connectivity index (χ3v) is 3.35. The number of esters is 1. The second kappa shape index (κ2) is 8.70. The van der Waals surface area contributed by atoms with Crippen LogP contribution in [0, 0.1) is 11.7 Å². The maximum absolute atomic E-state index is 12.9. The van der Waals surface area contributed by atoms with E-state index in [1.807, 2.05) is 0 Å². The van der Waals surface area contributed by atoms with Crippen LogP contribution in [0.15, 0.2) is 24.3 Å². The van der Waals surface area contributed by atoms with E-state index < -0.39 is 5.97 Å². The Morgan fingerprint density at radius 2 is 1.95 bits per heavy atom. The minimum Gasteiger partial charge on any atom is -0.465 e. The first-order valence-electron chi connectivity index (χ1n) is 6.99. The van der Waals surface area contributed by atoms with Gasteiger partial charge in [-0.25, -0.2) is 4.39 Å². The number of ether oxygens (including phenoxy) is 1. The summed E-state index contributed by atoms with van der Waals surface area (Å²) in [4.78, 5) is 25.4. The smallest absolute Gasteiger partial charge is 0.325 e. The molecule has 0 spiro atoms. The largest absolute Gasteiger partial charge is 0.465 e. The molecule has 1 aromatic rings. The summed E-state index contributed by atoms with van der Waals surface area (Å²) in [6.07, 6.45) is 0. The van der Waals surface area contributed by atoms with E-state index in [-0.39, 0.29) is 49.7 Å². The molecule has 0 bridgehead atoms. The summed E-state index contributed by atoms with van der Waals surface area (Å²) < 4.78 is 17.8. The molecule has 0 radical (unpaired) electrons. The fourth-order valence-electron chi connectivity index (χ4n) is 2.11. The number of carbonyl (C=O) groups excluding carboxylic acids is 2. The van der Waals surface area contributed by atoms with Crippen molar-refractivity contribution >= 4 is 24.3 Å². The molecule has 0 aromatic heterocycles. The van der Waals surface area contributed by atoms with Crippen molar-refractivity contribution in [2.45, 2.75) is 13.5 Å². The van der Waals surface area contributed by atoms with E-state index in [0.717, 1.165) is 5.56 Å². The zero-order valence-corrected chi connectivity index (χ0v) is 13.2. The molecule has 0 saturated carbocycles. The Morgan fingerprint density at radius 3 is 2.45 bits per heavy atom. The van der Waals surface area contributed by atoms with Gasteiger partial charge in [-0.15, -0.1) is 12.4 Å². The van der Waals surface area contributed by atoms with E-state index in [0.29, 0.717) is 13.1 Å². The third kappa shape index (κ3) is 4.96. The summed E-state index contributed by atoms with van der Waals surface area (Å²) in [5, 5.41) is 3.03. The average molecular weight is 331 g/mol. The Morgan fingerprint density at radius 1 is 1.32 bits per heavy atom. The molecule has 1 aliphatic rings. The van der Waals surface area contributed by atoms with Gasteiger partial charge in [-0.05, 0) is 24.6 Å². The third-order valence-electron chi connectivity index (χ3n) is 3.35. The fourth-order valence-corrected chi connectivity index (χ4v) is 2.11. The average Bonchev–Trinajstić information content (AvgIpc) is 2.38. The lowest BCUT2D eigenvalue weighted by molar-refractivity contribution is -0.151. The van der Waals surface area contributed by atoms with Gasteiger partial charge in [0.25, 0.3) is 0 Å². The molecule has 1 heterocycles. The lowest BCUT2D eigenvalue weighted by atomic mass is 10.0. The van der Waals surface area contributed by atoms with Crippen molar-refractivity contribution in [3.05, 3.63) is 35.6 Å². The number of amides is 1. The van der Waals surface area contributed by atoms with Gasteiger partial charge < -0.3 is 15.0 Å². The predicted octanol–water partition coefficient (Wildman–Crippen LogP) is 1.36. The molecule has 122 valence electrons. The molecule has 1 amide bonds. The van der Waals surface area contributed by atoms with Crippen molar-refractivity contribution in [2.24, 2.45) is 5.92 Å². The Balaban J connectivity index is 0.00000242. The van der Waals surface area contributed by atoms with Crippen LogP contribution >= 0.6 is 12.4 Å². The van der Waals surface area contributed by atoms with Gasteiger partial charge in [-0.2, -0.15) is 0 Å². The van der Waals surface area contributed by atoms with Crippen molar-refractivity contribution < 1.29 is 18.7 Å². The zero-order chi connectivity index (χ0) is 15.2. The summed E-state index contributed by atoms with van der Waals surface area (Å²) in [6, 6.07) is 5.90. The van der Waals surface area contributed by atoms with Gasteiger partial charge in [0.1, 0.15) is 12.4 Å². The quantitative estimate of drug-likeness (QED) is 0.800. The number of rotatable bonds is 6. The van der Waals surface area contributed by atoms with Crippen molar-refractivity contribution in [1.29, 1.82) is 0 Å². The van der Waals surface area contributed by atoms with E-state index in [1.165, 1.54) is 17.0 Å². The molecule has 5 nitrogen and oxygen atoms in total. The van der Waals surface area contributed by atoms with Crippen molar-refractivity contribution in [1.82, 2.24) is 10.2 Å². The maximum Gasteiger partial charge on any atom is 0.325 e. The molecule has 0 aliphatic carbocycles. The van der Waals surface area contributed by atoms with Gasteiger partial charge in [-0.3, -0.25) is 9.59 Å². The number of hydrogen-bond acceptors (Lipinski definition) is 4. The predicted molar refractivity (Wildman–Crippen MR) is 82.1 cm³/mol. The van der Waals surface area contributed by atoms with E-state index in [1.54, 1.807) is 19.1 Å². The molecule has 1 aliphatic heterocycles. The minimum absolute atomic E-state index is 0. The molecule has 7 heteroatoms. The zero-order valence-electron chi connectivity index (χ0n) is 12.4. The lowest BCUT2D eigenvalue weighted by Gasteiger charge is -2.32. The summed E-state index contributed by atoms with van der Waals surface area (Å²) in [5.74, 6) is -0.934. The highest BCUT2D eigenvalue weighted by atomic mass is 35.5. The van der Waals surface area contributed by atoms with Crippen LogP contribution < -0.4 is 5.32 Å². The second-order valence-electron chi connectivity index (χ2n) is 4.98. The number of nitrogens with one attached hydrogen (secondary N) is 1. The first kappa shape index (κ1) is 18.4. The number of hydrogen-bond donors (Lipinski definition) is 1. The SMILES string of the molecule is CCOC(=O)CN(Cc1ccc(F)cc1)C(=O)C1CNC1.Cl. The van der Waals surface area contributed by atoms with Crippen LogP contribution in [0.4, 0.5) is 4.39 Å². The van der Waals surface area contributed by atoms with Gasteiger partial charge in [0, 0.05) is 19.6 Å². The molecule has 1 fully saturated rings. The van der Waals surface area contributed by atoms with Crippen LogP contribution in [-0.4, -0.2) is 43.0 Å². The number of nitrogens with zero attached hydrogens (tertiary/aromatic N) is 1. The fraction of sp³-hybridized carbons (Fsp3) is 0.467. The van der Waals surface area contributed by atoms with E-state index in [4.69, 9.17) is 4.74 Å². The van der Waals surface area contributed by atoms with Crippen LogP contribution in [0.25, 0.3) is 0 Å². The number of carbonyl (C=O) groups is 2. The molecular weight excluding hydrogens is 311 g/mol. The Bertz CT molecular complexity index is 506. The van der Waals surface area contributed by atoms with Crippen LogP contribution in [-0.2, 0) is 20.9 Å². The minimum atomic E-state index is -0.430. The van der Waals surface area contributed by atoms with E-state index in [9.17, 15) is 14.0 Å². The molecule has 1 saturated heterocycles. The van der Waals surface area contributed by atoms with Gasteiger partial charge in [0.15, 0.2) is 0 Å². The second-order valence-corrected chi connectivity index (χ2v) is 4.98. The highest BCUT2D eigenvalue weighted by Gasteiger charge is 2.30. The molecule has 1 N–H and O–H groups in total. The van der Waals surface area contributed by atoms with Crippen molar-refractivity contribution in [3.63, 3.8) is 0 Å². The van der Waals surface area contributed by atoms with Gasteiger partial charge >= 0.3 is 5.97 Å². The summed E-state index contributed by atoms with van der Waals surface area (Å²) >= 11 is 0. The first-order chi connectivity index (χ1) is 10.1. The summed E-state index contributed by atoms with van der Waals surface area (Å²) in [5.41, 5.74) is 0.779. The highest BCUT2D eigenvalue weighted by molar-refractivity contribution is 5.85.